The van der Waals surface area contributed by atoms with Crippen molar-refractivity contribution in [1.82, 2.24) is 10.2 Å². The minimum Gasteiger partial charge on any atom is -0.496 e. The van der Waals surface area contributed by atoms with Crippen molar-refractivity contribution in [1.29, 1.82) is 0 Å². The molecule has 1 N–H and O–H groups in total. The summed E-state index contributed by atoms with van der Waals surface area (Å²) in [7, 11) is 1.60. The summed E-state index contributed by atoms with van der Waals surface area (Å²) in [6.07, 6.45) is 0. The summed E-state index contributed by atoms with van der Waals surface area (Å²) in [5.41, 5.74) is 0.104. The molecular weight excluding hydrogens is 274 g/mol. The van der Waals surface area contributed by atoms with E-state index in [1.807, 2.05) is 45.0 Å². The third-order valence-electron chi connectivity index (χ3n) is 3.09. The standard InChI is InChI=1S/C14H17N3O2S/c1-9-16-17-13(20-9)15-12(18)14(2,3)10-7-5-6-8-11(10)19-4/h5-8H,1-4H3,(H,15,17,18). The van der Waals surface area contributed by atoms with Gasteiger partial charge in [-0.15, -0.1) is 10.2 Å². The van der Waals surface area contributed by atoms with Gasteiger partial charge in [0.05, 0.1) is 12.5 Å². The van der Waals surface area contributed by atoms with Crippen LogP contribution in [0.3, 0.4) is 0 Å². The molecule has 0 bridgehead atoms. The highest BCUT2D eigenvalue weighted by Gasteiger charge is 2.33. The summed E-state index contributed by atoms with van der Waals surface area (Å²) in [5, 5.41) is 11.9. The highest BCUT2D eigenvalue weighted by atomic mass is 32.1. The highest BCUT2D eigenvalue weighted by molar-refractivity contribution is 7.15. The second-order valence-corrected chi connectivity index (χ2v) is 6.09. The van der Waals surface area contributed by atoms with Gasteiger partial charge in [-0.05, 0) is 26.8 Å². The molecule has 0 aliphatic rings. The van der Waals surface area contributed by atoms with Crippen molar-refractivity contribution < 1.29 is 9.53 Å². The van der Waals surface area contributed by atoms with Gasteiger partial charge in [-0.2, -0.15) is 0 Å². The number of carbonyl (C=O) groups is 1. The van der Waals surface area contributed by atoms with Gasteiger partial charge in [0.15, 0.2) is 0 Å². The van der Waals surface area contributed by atoms with Crippen molar-refractivity contribution in [2.45, 2.75) is 26.2 Å². The van der Waals surface area contributed by atoms with Gasteiger partial charge in [-0.3, -0.25) is 10.1 Å². The lowest BCUT2D eigenvalue weighted by Crippen LogP contribution is -2.35. The van der Waals surface area contributed by atoms with E-state index < -0.39 is 5.41 Å². The Bertz CT molecular complexity index is 622. The normalized spacial score (nSPS) is 11.2. The van der Waals surface area contributed by atoms with Crippen LogP contribution in [0.2, 0.25) is 0 Å². The number of nitrogens with one attached hydrogen (secondary N) is 1. The van der Waals surface area contributed by atoms with E-state index >= 15 is 0 Å². The summed E-state index contributed by atoms with van der Waals surface area (Å²) >= 11 is 1.35. The molecule has 0 saturated carbocycles. The minimum absolute atomic E-state index is 0.141. The van der Waals surface area contributed by atoms with Gasteiger partial charge >= 0.3 is 0 Å². The molecule has 106 valence electrons. The number of aromatic nitrogens is 2. The lowest BCUT2D eigenvalue weighted by molar-refractivity contribution is -0.120. The zero-order valence-corrected chi connectivity index (χ0v) is 12.7. The quantitative estimate of drug-likeness (QED) is 0.940. The first-order chi connectivity index (χ1) is 9.45. The predicted octanol–water partition coefficient (Wildman–Crippen LogP) is 2.77. The molecule has 0 radical (unpaired) electrons. The van der Waals surface area contributed by atoms with Crippen molar-refractivity contribution in [3.05, 3.63) is 34.8 Å². The molecule has 0 atom stereocenters. The van der Waals surface area contributed by atoms with Crippen molar-refractivity contribution >= 4 is 22.4 Å². The Kier molecular flexibility index (Phi) is 4.04. The maximum atomic E-state index is 12.5. The van der Waals surface area contributed by atoms with E-state index in [0.29, 0.717) is 10.9 Å². The Hall–Kier alpha value is -1.95. The van der Waals surface area contributed by atoms with Crippen LogP contribution in [-0.2, 0) is 10.2 Å². The molecule has 0 fully saturated rings. The molecule has 1 amide bonds. The molecule has 2 rings (SSSR count). The van der Waals surface area contributed by atoms with Crippen LogP contribution in [0, 0.1) is 6.92 Å². The maximum absolute atomic E-state index is 12.5. The number of hydrogen-bond acceptors (Lipinski definition) is 5. The lowest BCUT2D eigenvalue weighted by Gasteiger charge is -2.25. The van der Waals surface area contributed by atoms with Crippen molar-refractivity contribution in [3.8, 4) is 5.75 Å². The van der Waals surface area contributed by atoms with Crippen LogP contribution in [0.25, 0.3) is 0 Å². The third-order valence-corrected chi connectivity index (χ3v) is 3.85. The van der Waals surface area contributed by atoms with Crippen LogP contribution in [0.4, 0.5) is 5.13 Å². The van der Waals surface area contributed by atoms with Crippen LogP contribution in [0.15, 0.2) is 24.3 Å². The molecule has 0 unspecified atom stereocenters. The number of carbonyl (C=O) groups excluding carboxylic acids is 1. The number of hydrogen-bond donors (Lipinski definition) is 1. The minimum atomic E-state index is -0.730. The van der Waals surface area contributed by atoms with Gasteiger partial charge in [0, 0.05) is 5.56 Å². The fourth-order valence-electron chi connectivity index (χ4n) is 1.88. The zero-order chi connectivity index (χ0) is 14.8. The monoisotopic (exact) mass is 291 g/mol. The van der Waals surface area contributed by atoms with E-state index in [1.54, 1.807) is 7.11 Å². The van der Waals surface area contributed by atoms with E-state index in [-0.39, 0.29) is 5.91 Å². The molecule has 1 aromatic carbocycles. The summed E-state index contributed by atoms with van der Waals surface area (Å²) in [4.78, 5) is 12.5. The molecular formula is C14H17N3O2S. The van der Waals surface area contributed by atoms with Crippen LogP contribution >= 0.6 is 11.3 Å². The van der Waals surface area contributed by atoms with Gasteiger partial charge < -0.3 is 4.74 Å². The number of anilines is 1. The Labute approximate surface area is 122 Å². The van der Waals surface area contributed by atoms with Crippen molar-refractivity contribution in [2.75, 3.05) is 12.4 Å². The molecule has 0 spiro atoms. The van der Waals surface area contributed by atoms with Crippen LogP contribution < -0.4 is 10.1 Å². The number of rotatable bonds is 4. The summed E-state index contributed by atoms with van der Waals surface area (Å²) in [5.74, 6) is 0.555. The van der Waals surface area contributed by atoms with E-state index in [2.05, 4.69) is 15.5 Å². The van der Waals surface area contributed by atoms with E-state index in [4.69, 9.17) is 4.74 Å². The zero-order valence-electron chi connectivity index (χ0n) is 11.9. The first-order valence-corrected chi connectivity index (χ1v) is 7.02. The van der Waals surface area contributed by atoms with Gasteiger partial charge in [-0.1, -0.05) is 29.5 Å². The molecule has 2 aromatic rings. The number of para-hydroxylation sites is 1. The molecule has 1 heterocycles. The summed E-state index contributed by atoms with van der Waals surface area (Å²) in [6.45, 7) is 5.56. The topological polar surface area (TPSA) is 64.1 Å². The summed E-state index contributed by atoms with van der Waals surface area (Å²) < 4.78 is 5.33. The Balaban J connectivity index is 2.27. The highest BCUT2D eigenvalue weighted by Crippen LogP contribution is 2.32. The smallest absolute Gasteiger partial charge is 0.236 e. The first kappa shape index (κ1) is 14.5. The van der Waals surface area contributed by atoms with E-state index in [9.17, 15) is 4.79 Å². The Morgan fingerprint density at radius 1 is 1.30 bits per heavy atom. The van der Waals surface area contributed by atoms with Gasteiger partial charge in [0.2, 0.25) is 11.0 Å². The van der Waals surface area contributed by atoms with Crippen molar-refractivity contribution in [2.24, 2.45) is 0 Å². The number of benzene rings is 1. The predicted molar refractivity (Wildman–Crippen MR) is 79.3 cm³/mol. The molecule has 20 heavy (non-hydrogen) atoms. The van der Waals surface area contributed by atoms with Gasteiger partial charge in [0.25, 0.3) is 0 Å². The molecule has 0 saturated heterocycles. The molecule has 1 aromatic heterocycles. The molecule has 0 aliphatic carbocycles. The Morgan fingerprint density at radius 2 is 2.00 bits per heavy atom. The second kappa shape index (κ2) is 5.58. The van der Waals surface area contributed by atoms with Crippen molar-refractivity contribution in [3.63, 3.8) is 0 Å². The van der Waals surface area contributed by atoms with Crippen LogP contribution in [0.5, 0.6) is 5.75 Å². The van der Waals surface area contributed by atoms with Crippen LogP contribution in [-0.4, -0.2) is 23.2 Å². The van der Waals surface area contributed by atoms with Crippen LogP contribution in [0.1, 0.15) is 24.4 Å². The average molecular weight is 291 g/mol. The summed E-state index contributed by atoms with van der Waals surface area (Å²) in [6, 6.07) is 7.51. The number of amides is 1. The number of aryl methyl sites for hydroxylation is 1. The molecule has 6 heteroatoms. The SMILES string of the molecule is COc1ccccc1C(C)(C)C(=O)Nc1nnc(C)s1. The fraction of sp³-hybridized carbons (Fsp3) is 0.357. The average Bonchev–Trinajstić information content (AvgIpc) is 2.84. The number of nitrogens with zero attached hydrogens (tertiary/aromatic N) is 2. The lowest BCUT2D eigenvalue weighted by atomic mass is 9.83. The van der Waals surface area contributed by atoms with E-state index in [1.165, 1.54) is 11.3 Å². The van der Waals surface area contributed by atoms with Gasteiger partial charge in [-0.25, -0.2) is 0 Å². The molecule has 5 nitrogen and oxygen atoms in total. The van der Waals surface area contributed by atoms with Gasteiger partial charge in [0.1, 0.15) is 10.8 Å². The number of ether oxygens (including phenoxy) is 1. The third kappa shape index (κ3) is 2.80. The maximum Gasteiger partial charge on any atom is 0.236 e. The Morgan fingerprint density at radius 3 is 2.60 bits per heavy atom. The molecule has 0 aliphatic heterocycles. The fourth-order valence-corrected chi connectivity index (χ4v) is 2.47. The largest absolute Gasteiger partial charge is 0.496 e. The number of methoxy groups -OCH3 is 1. The van der Waals surface area contributed by atoms with E-state index in [0.717, 1.165) is 10.6 Å². The first-order valence-electron chi connectivity index (χ1n) is 6.20. The second-order valence-electron chi connectivity index (χ2n) is 4.91.